The summed E-state index contributed by atoms with van der Waals surface area (Å²) in [6, 6.07) is 5.26. The van der Waals surface area contributed by atoms with Gasteiger partial charge < -0.3 is 10.4 Å². The number of rotatable bonds is 5. The first-order valence-corrected chi connectivity index (χ1v) is 7.37. The SMILES string of the molecule is CC(C)C(CNC(=O)c1cc(Br)ccc1Br)C(=O)O. The fourth-order valence-corrected chi connectivity index (χ4v) is 2.37. The first-order chi connectivity index (χ1) is 8.82. The quantitative estimate of drug-likeness (QED) is 0.807. The zero-order valence-corrected chi connectivity index (χ0v) is 13.8. The summed E-state index contributed by atoms with van der Waals surface area (Å²) < 4.78 is 1.46. The van der Waals surface area contributed by atoms with Crippen molar-refractivity contribution in [2.45, 2.75) is 13.8 Å². The monoisotopic (exact) mass is 391 g/mol. The number of carbonyl (C=O) groups excluding carboxylic acids is 1. The molecule has 0 heterocycles. The van der Waals surface area contributed by atoms with Crippen LogP contribution >= 0.6 is 31.9 Å². The molecule has 0 aliphatic rings. The van der Waals surface area contributed by atoms with Gasteiger partial charge in [-0.1, -0.05) is 29.8 Å². The highest BCUT2D eigenvalue weighted by molar-refractivity contribution is 9.11. The van der Waals surface area contributed by atoms with E-state index in [0.717, 1.165) is 4.47 Å². The molecule has 0 aliphatic carbocycles. The van der Waals surface area contributed by atoms with Gasteiger partial charge in [-0.2, -0.15) is 0 Å². The van der Waals surface area contributed by atoms with Crippen LogP contribution in [-0.2, 0) is 4.79 Å². The summed E-state index contributed by atoms with van der Waals surface area (Å²) in [6.07, 6.45) is 0. The van der Waals surface area contributed by atoms with Crippen molar-refractivity contribution in [3.63, 3.8) is 0 Å². The Morgan fingerprint density at radius 3 is 2.47 bits per heavy atom. The van der Waals surface area contributed by atoms with Gasteiger partial charge in [0.05, 0.1) is 11.5 Å². The highest BCUT2D eigenvalue weighted by Gasteiger charge is 2.22. The normalized spacial score (nSPS) is 12.3. The molecule has 0 spiro atoms. The van der Waals surface area contributed by atoms with Crippen molar-refractivity contribution in [1.29, 1.82) is 0 Å². The van der Waals surface area contributed by atoms with E-state index in [4.69, 9.17) is 5.11 Å². The van der Waals surface area contributed by atoms with Crippen LogP contribution in [-0.4, -0.2) is 23.5 Å². The van der Waals surface area contributed by atoms with Gasteiger partial charge in [0.1, 0.15) is 0 Å². The number of halogens is 2. The first-order valence-electron chi connectivity index (χ1n) is 5.79. The molecular formula is C13H15Br2NO3. The van der Waals surface area contributed by atoms with Crippen molar-refractivity contribution in [2.24, 2.45) is 11.8 Å². The van der Waals surface area contributed by atoms with Gasteiger partial charge in [0.2, 0.25) is 0 Å². The summed E-state index contributed by atoms with van der Waals surface area (Å²) >= 11 is 6.59. The molecule has 4 nitrogen and oxygen atoms in total. The van der Waals surface area contributed by atoms with Gasteiger partial charge in [0, 0.05) is 15.5 Å². The molecule has 0 aromatic heterocycles. The third-order valence-corrected chi connectivity index (χ3v) is 3.96. The fourth-order valence-electron chi connectivity index (χ4n) is 1.58. The van der Waals surface area contributed by atoms with E-state index < -0.39 is 11.9 Å². The smallest absolute Gasteiger partial charge is 0.308 e. The largest absolute Gasteiger partial charge is 0.481 e. The van der Waals surface area contributed by atoms with Crippen LogP contribution in [0.5, 0.6) is 0 Å². The Morgan fingerprint density at radius 2 is 1.95 bits per heavy atom. The van der Waals surface area contributed by atoms with Gasteiger partial charge in [-0.25, -0.2) is 0 Å². The van der Waals surface area contributed by atoms with E-state index >= 15 is 0 Å². The number of hydrogen-bond acceptors (Lipinski definition) is 2. The van der Waals surface area contributed by atoms with Gasteiger partial charge in [-0.3, -0.25) is 9.59 Å². The minimum absolute atomic E-state index is 0.0382. The summed E-state index contributed by atoms with van der Waals surface area (Å²) in [5, 5.41) is 11.7. The van der Waals surface area contributed by atoms with Crippen molar-refractivity contribution >= 4 is 43.7 Å². The molecule has 0 fully saturated rings. The van der Waals surface area contributed by atoms with E-state index in [1.165, 1.54) is 0 Å². The van der Waals surface area contributed by atoms with Crippen molar-refractivity contribution in [3.8, 4) is 0 Å². The van der Waals surface area contributed by atoms with E-state index in [1.54, 1.807) is 12.1 Å². The maximum absolute atomic E-state index is 12.0. The number of aliphatic carboxylic acids is 1. The Morgan fingerprint density at radius 1 is 1.32 bits per heavy atom. The summed E-state index contributed by atoms with van der Waals surface area (Å²) in [5.74, 6) is -1.82. The van der Waals surface area contributed by atoms with E-state index in [0.29, 0.717) is 10.0 Å². The minimum Gasteiger partial charge on any atom is -0.481 e. The van der Waals surface area contributed by atoms with Crippen LogP contribution in [0.2, 0.25) is 0 Å². The molecule has 1 aromatic rings. The highest BCUT2D eigenvalue weighted by Crippen LogP contribution is 2.21. The summed E-state index contributed by atoms with van der Waals surface area (Å²) in [5.41, 5.74) is 0.474. The molecule has 0 saturated carbocycles. The van der Waals surface area contributed by atoms with Crippen molar-refractivity contribution in [1.82, 2.24) is 5.32 Å². The Bertz CT molecular complexity index is 489. The van der Waals surface area contributed by atoms with Crippen LogP contribution in [0.4, 0.5) is 0 Å². The van der Waals surface area contributed by atoms with E-state index in [9.17, 15) is 9.59 Å². The van der Waals surface area contributed by atoms with Crippen molar-refractivity contribution in [3.05, 3.63) is 32.7 Å². The van der Waals surface area contributed by atoms with Crippen molar-refractivity contribution < 1.29 is 14.7 Å². The summed E-state index contributed by atoms with van der Waals surface area (Å²) in [7, 11) is 0. The molecule has 0 radical (unpaired) electrons. The van der Waals surface area contributed by atoms with Crippen molar-refractivity contribution in [2.75, 3.05) is 6.54 Å². The molecule has 0 aliphatic heterocycles. The Balaban J connectivity index is 2.75. The van der Waals surface area contributed by atoms with Gasteiger partial charge in [0.15, 0.2) is 0 Å². The highest BCUT2D eigenvalue weighted by atomic mass is 79.9. The molecule has 1 amide bonds. The lowest BCUT2D eigenvalue weighted by Gasteiger charge is -2.17. The maximum atomic E-state index is 12.0. The third kappa shape index (κ3) is 4.62. The third-order valence-electron chi connectivity index (χ3n) is 2.78. The molecule has 0 saturated heterocycles. The molecule has 0 bridgehead atoms. The van der Waals surface area contributed by atoms with E-state index in [1.807, 2.05) is 19.9 Å². The summed E-state index contributed by atoms with van der Waals surface area (Å²) in [6.45, 7) is 3.75. The second-order valence-corrected chi connectivity index (χ2v) is 6.29. The van der Waals surface area contributed by atoms with Crippen LogP contribution in [0.15, 0.2) is 27.1 Å². The molecule has 6 heteroatoms. The summed E-state index contributed by atoms with van der Waals surface area (Å²) in [4.78, 5) is 23.1. The first kappa shape index (κ1) is 16.2. The van der Waals surface area contributed by atoms with Crippen LogP contribution in [0.3, 0.4) is 0 Å². The zero-order valence-electron chi connectivity index (χ0n) is 10.6. The second kappa shape index (κ2) is 7.05. The van der Waals surface area contributed by atoms with Gasteiger partial charge >= 0.3 is 5.97 Å². The topological polar surface area (TPSA) is 66.4 Å². The van der Waals surface area contributed by atoms with E-state index in [2.05, 4.69) is 37.2 Å². The van der Waals surface area contributed by atoms with Crippen LogP contribution in [0.1, 0.15) is 24.2 Å². The van der Waals surface area contributed by atoms with Crippen LogP contribution in [0, 0.1) is 11.8 Å². The minimum atomic E-state index is -0.899. The lowest BCUT2D eigenvalue weighted by Crippen LogP contribution is -2.35. The fraction of sp³-hybridized carbons (Fsp3) is 0.385. The number of carboxylic acids is 1. The van der Waals surface area contributed by atoms with Crippen LogP contribution in [0.25, 0.3) is 0 Å². The molecular weight excluding hydrogens is 378 g/mol. The van der Waals surface area contributed by atoms with E-state index in [-0.39, 0.29) is 18.4 Å². The van der Waals surface area contributed by atoms with Gasteiger partial charge in [-0.15, -0.1) is 0 Å². The number of amides is 1. The number of benzene rings is 1. The molecule has 1 aromatic carbocycles. The Hall–Kier alpha value is -0.880. The maximum Gasteiger partial charge on any atom is 0.308 e. The second-order valence-electron chi connectivity index (χ2n) is 4.52. The molecule has 19 heavy (non-hydrogen) atoms. The molecule has 1 unspecified atom stereocenters. The lowest BCUT2D eigenvalue weighted by atomic mass is 9.96. The number of hydrogen-bond donors (Lipinski definition) is 2. The van der Waals surface area contributed by atoms with Crippen LogP contribution < -0.4 is 5.32 Å². The number of carboxylic acid groups (broad SMARTS) is 1. The molecule has 1 rings (SSSR count). The average molecular weight is 393 g/mol. The average Bonchev–Trinajstić information content (AvgIpc) is 2.31. The zero-order chi connectivity index (χ0) is 14.6. The standard InChI is InChI=1S/C13H15Br2NO3/c1-7(2)10(13(18)19)6-16-12(17)9-5-8(14)3-4-11(9)15/h3-5,7,10H,6H2,1-2H3,(H,16,17)(H,18,19). The van der Waals surface area contributed by atoms with Gasteiger partial charge in [0.25, 0.3) is 5.91 Å². The Labute approximate surface area is 128 Å². The number of carbonyl (C=O) groups is 2. The predicted molar refractivity (Wildman–Crippen MR) is 80.1 cm³/mol. The molecule has 1 atom stereocenters. The Kier molecular flexibility index (Phi) is 6.00. The molecule has 2 N–H and O–H groups in total. The van der Waals surface area contributed by atoms with Gasteiger partial charge in [-0.05, 0) is 40.0 Å². The predicted octanol–water partition coefficient (Wildman–Crippen LogP) is 3.30. The number of nitrogens with one attached hydrogen (secondary N) is 1. The molecule has 104 valence electrons. The lowest BCUT2D eigenvalue weighted by molar-refractivity contribution is -0.142.